The summed E-state index contributed by atoms with van der Waals surface area (Å²) in [6, 6.07) is 8.35. The van der Waals surface area contributed by atoms with Gasteiger partial charge in [-0.1, -0.05) is 32.8 Å². The van der Waals surface area contributed by atoms with Gasteiger partial charge in [0.1, 0.15) is 22.4 Å². The zero-order valence-corrected chi connectivity index (χ0v) is 20.0. The summed E-state index contributed by atoms with van der Waals surface area (Å²) >= 11 is 0. The van der Waals surface area contributed by atoms with Gasteiger partial charge in [0.05, 0.1) is 19.8 Å². The number of nitrogens with two attached hydrogens (primary N) is 1. The molecule has 8 nitrogen and oxygen atoms in total. The van der Waals surface area contributed by atoms with Gasteiger partial charge in [-0.3, -0.25) is 0 Å². The molecule has 1 aliphatic heterocycles. The molecule has 0 amide bonds. The van der Waals surface area contributed by atoms with E-state index in [0.29, 0.717) is 35.4 Å². The summed E-state index contributed by atoms with van der Waals surface area (Å²) in [7, 11) is 1.43. The molecule has 34 heavy (non-hydrogen) atoms. The first kappa shape index (κ1) is 23.4. The number of hydrogen-bond acceptors (Lipinski definition) is 8. The first-order chi connectivity index (χ1) is 16.2. The fourth-order valence-electron chi connectivity index (χ4n) is 3.84. The van der Waals surface area contributed by atoms with E-state index >= 15 is 4.39 Å². The highest BCUT2D eigenvalue weighted by Gasteiger charge is 2.27. The number of rotatable bonds is 2. The van der Waals surface area contributed by atoms with Crippen LogP contribution >= 0.6 is 0 Å². The third-order valence-corrected chi connectivity index (χ3v) is 5.53. The number of halogens is 1. The molecule has 4 N–H and O–H groups in total. The second kappa shape index (κ2) is 9.21. The lowest BCUT2D eigenvalue weighted by atomic mass is 9.82. The van der Waals surface area contributed by atoms with Crippen LogP contribution in [0.5, 0.6) is 11.9 Å². The fourth-order valence-corrected chi connectivity index (χ4v) is 3.84. The number of methoxy groups -OCH3 is 1. The molecular weight excluding hydrogens is 435 g/mol. The molecule has 0 saturated carbocycles. The second-order valence-electron chi connectivity index (χ2n) is 9.22. The topological polar surface area (TPSA) is 107 Å². The van der Waals surface area contributed by atoms with Crippen LogP contribution in [0.25, 0.3) is 22.2 Å². The Morgan fingerprint density at radius 1 is 1.24 bits per heavy atom. The molecule has 0 radical (unpaired) electrons. The van der Waals surface area contributed by atoms with E-state index in [9.17, 15) is 0 Å². The number of pyridine rings is 1. The largest absolute Gasteiger partial charge is 0.474 e. The molecule has 0 saturated heterocycles. The van der Waals surface area contributed by atoms with Crippen LogP contribution in [-0.4, -0.2) is 41.3 Å². The number of nitrogens with zero attached hydrogens (tertiary/aromatic N) is 3. The summed E-state index contributed by atoms with van der Waals surface area (Å²) < 4.78 is 27.7. The number of benzene rings is 1. The van der Waals surface area contributed by atoms with Crippen molar-refractivity contribution in [1.82, 2.24) is 20.3 Å². The zero-order chi connectivity index (χ0) is 24.5. The van der Waals surface area contributed by atoms with Crippen LogP contribution in [-0.2, 0) is 5.41 Å². The molecule has 0 bridgehead atoms. The Kier molecular flexibility index (Phi) is 6.33. The van der Waals surface area contributed by atoms with Crippen molar-refractivity contribution in [3.05, 3.63) is 29.6 Å². The zero-order valence-electron chi connectivity index (χ0n) is 20.0. The average molecular weight is 465 g/mol. The standard InChI is InChI=1S/C25H29FN6O2/c1-14-9-12-28-10-6-11-29-22-18-21(31-24(32-22)33-5)19(26)20(30-23(18)34-14)16-13-15(27)7-8-17(16)25(2,3)4/h7-8,13-14,28H,9,11-12,27H2,1-5H3,(H,29,31,32). The Labute approximate surface area is 198 Å². The molecule has 9 heteroatoms. The van der Waals surface area contributed by atoms with Crippen molar-refractivity contribution in [3.8, 4) is 35.1 Å². The van der Waals surface area contributed by atoms with E-state index in [1.54, 1.807) is 6.07 Å². The molecular formula is C25H29FN6O2. The SMILES string of the molecule is COc1nc2c3c(nc(-c4cc(N)ccc4C(C)(C)C)c(F)c3n1)OC(C)CCNC#CCN2. The van der Waals surface area contributed by atoms with Gasteiger partial charge < -0.3 is 25.8 Å². The van der Waals surface area contributed by atoms with E-state index < -0.39 is 5.82 Å². The molecule has 0 fully saturated rings. The summed E-state index contributed by atoms with van der Waals surface area (Å²) in [5.41, 5.74) is 7.99. The highest BCUT2D eigenvalue weighted by Crippen LogP contribution is 2.40. The van der Waals surface area contributed by atoms with E-state index in [1.807, 2.05) is 19.1 Å². The Balaban J connectivity index is 2.06. The van der Waals surface area contributed by atoms with E-state index in [4.69, 9.17) is 15.2 Å². The van der Waals surface area contributed by atoms with Crippen LogP contribution in [0.4, 0.5) is 15.9 Å². The molecule has 3 heterocycles. The number of nitrogens with one attached hydrogen (secondary N) is 2. The van der Waals surface area contributed by atoms with Crippen LogP contribution in [0.1, 0.15) is 39.7 Å². The molecule has 178 valence electrons. The average Bonchev–Trinajstić information content (AvgIpc) is 2.78. The molecule has 2 aromatic heterocycles. The van der Waals surface area contributed by atoms with Crippen LogP contribution < -0.4 is 25.8 Å². The lowest BCUT2D eigenvalue weighted by molar-refractivity contribution is 0.206. The second-order valence-corrected chi connectivity index (χ2v) is 9.22. The Morgan fingerprint density at radius 3 is 2.76 bits per heavy atom. The van der Waals surface area contributed by atoms with Gasteiger partial charge in [0.2, 0.25) is 5.88 Å². The summed E-state index contributed by atoms with van der Waals surface area (Å²) in [5, 5.41) is 6.50. The van der Waals surface area contributed by atoms with Gasteiger partial charge in [0, 0.05) is 30.3 Å². The van der Waals surface area contributed by atoms with Crippen LogP contribution in [0.3, 0.4) is 0 Å². The molecule has 1 aliphatic rings. The van der Waals surface area contributed by atoms with E-state index in [2.05, 4.69) is 58.3 Å². The molecule has 0 aliphatic carbocycles. The van der Waals surface area contributed by atoms with Gasteiger partial charge in [-0.05, 0) is 30.0 Å². The smallest absolute Gasteiger partial charge is 0.318 e. The Hall–Kier alpha value is -3.80. The van der Waals surface area contributed by atoms with Crippen molar-refractivity contribution in [1.29, 1.82) is 0 Å². The molecule has 3 aromatic rings. The van der Waals surface area contributed by atoms with Gasteiger partial charge in [-0.25, -0.2) is 9.37 Å². The number of ether oxygens (including phenoxy) is 2. The van der Waals surface area contributed by atoms with Gasteiger partial charge in [-0.2, -0.15) is 9.97 Å². The van der Waals surface area contributed by atoms with E-state index in [1.165, 1.54) is 7.11 Å². The summed E-state index contributed by atoms with van der Waals surface area (Å²) in [6.45, 7) is 9.02. The van der Waals surface area contributed by atoms with Crippen molar-refractivity contribution in [2.45, 2.75) is 45.6 Å². The maximum absolute atomic E-state index is 16.2. The first-order valence-corrected chi connectivity index (χ1v) is 11.2. The third kappa shape index (κ3) is 4.62. The predicted molar refractivity (Wildman–Crippen MR) is 131 cm³/mol. The maximum Gasteiger partial charge on any atom is 0.318 e. The van der Waals surface area contributed by atoms with Gasteiger partial charge in [0.15, 0.2) is 5.82 Å². The van der Waals surface area contributed by atoms with Crippen molar-refractivity contribution in [2.75, 3.05) is 31.2 Å². The minimum atomic E-state index is -0.602. The van der Waals surface area contributed by atoms with Crippen molar-refractivity contribution < 1.29 is 13.9 Å². The quantitative estimate of drug-likeness (QED) is 0.388. The van der Waals surface area contributed by atoms with Gasteiger partial charge in [0.25, 0.3) is 0 Å². The predicted octanol–water partition coefficient (Wildman–Crippen LogP) is 3.85. The van der Waals surface area contributed by atoms with Crippen LogP contribution in [0.2, 0.25) is 0 Å². The Bertz CT molecular complexity index is 1290. The summed E-state index contributed by atoms with van der Waals surface area (Å²) in [6.07, 6.45) is 0.455. The number of nitrogen functional groups attached to an aromatic ring is 1. The van der Waals surface area contributed by atoms with Crippen molar-refractivity contribution in [3.63, 3.8) is 0 Å². The molecule has 1 unspecified atom stereocenters. The van der Waals surface area contributed by atoms with E-state index in [0.717, 1.165) is 5.56 Å². The number of anilines is 2. The minimum absolute atomic E-state index is 0.0202. The van der Waals surface area contributed by atoms with Gasteiger partial charge >= 0.3 is 6.01 Å². The minimum Gasteiger partial charge on any atom is -0.474 e. The molecule has 1 atom stereocenters. The van der Waals surface area contributed by atoms with Crippen LogP contribution in [0, 0.1) is 17.8 Å². The highest BCUT2D eigenvalue weighted by molar-refractivity contribution is 5.96. The molecule has 0 spiro atoms. The molecule has 1 aromatic carbocycles. The first-order valence-electron chi connectivity index (χ1n) is 11.2. The maximum atomic E-state index is 16.2. The number of hydrogen-bond donors (Lipinski definition) is 3. The monoisotopic (exact) mass is 464 g/mol. The molecule has 4 rings (SSSR count). The van der Waals surface area contributed by atoms with Crippen molar-refractivity contribution >= 4 is 22.4 Å². The highest BCUT2D eigenvalue weighted by atomic mass is 19.1. The third-order valence-electron chi connectivity index (χ3n) is 5.53. The number of aromatic nitrogens is 3. The van der Waals surface area contributed by atoms with Gasteiger partial charge in [-0.15, -0.1) is 0 Å². The Morgan fingerprint density at radius 2 is 2.03 bits per heavy atom. The summed E-state index contributed by atoms with van der Waals surface area (Å²) in [5.74, 6) is 2.94. The fraction of sp³-hybridized carbons (Fsp3) is 0.400. The lowest BCUT2D eigenvalue weighted by Gasteiger charge is -2.24. The normalized spacial score (nSPS) is 16.1. The van der Waals surface area contributed by atoms with Crippen LogP contribution in [0.15, 0.2) is 18.2 Å². The lowest BCUT2D eigenvalue weighted by Crippen LogP contribution is -2.21. The summed E-state index contributed by atoms with van der Waals surface area (Å²) in [4.78, 5) is 13.4. The van der Waals surface area contributed by atoms with E-state index in [-0.39, 0.29) is 41.2 Å². The van der Waals surface area contributed by atoms with Crippen molar-refractivity contribution in [2.24, 2.45) is 0 Å².